The maximum atomic E-state index is 5.41. The van der Waals surface area contributed by atoms with Crippen LogP contribution in [0.5, 0.6) is 0 Å². The molecule has 0 aromatic heterocycles. The topological polar surface area (TPSA) is 38.0 Å². The first-order valence-electron chi connectivity index (χ1n) is 5.00. The first kappa shape index (κ1) is 10.0. The Bertz CT molecular complexity index is 129. The van der Waals surface area contributed by atoms with Gasteiger partial charge in [-0.05, 0) is 37.0 Å². The van der Waals surface area contributed by atoms with Crippen molar-refractivity contribution in [1.82, 2.24) is 5.43 Å². The Morgan fingerprint density at radius 1 is 1.08 bits per heavy atom. The van der Waals surface area contributed by atoms with Crippen LogP contribution in [0.25, 0.3) is 0 Å². The van der Waals surface area contributed by atoms with E-state index in [1.807, 2.05) is 0 Å². The summed E-state index contributed by atoms with van der Waals surface area (Å²) in [5.41, 5.74) is 3.36. The lowest BCUT2D eigenvalue weighted by Gasteiger charge is -2.36. The van der Waals surface area contributed by atoms with E-state index in [9.17, 15) is 0 Å². The van der Waals surface area contributed by atoms with Crippen LogP contribution in [0.4, 0.5) is 0 Å². The predicted molar refractivity (Wildman–Crippen MR) is 52.5 cm³/mol. The van der Waals surface area contributed by atoms with Crippen molar-refractivity contribution in [2.24, 2.45) is 17.2 Å². The second-order valence-corrected chi connectivity index (χ2v) is 5.08. The van der Waals surface area contributed by atoms with Crippen molar-refractivity contribution in [2.45, 2.75) is 52.5 Å². The normalized spacial score (nSPS) is 32.0. The Morgan fingerprint density at radius 2 is 1.58 bits per heavy atom. The highest BCUT2D eigenvalue weighted by Gasteiger charge is 2.28. The number of nitrogens with one attached hydrogen (secondary N) is 1. The van der Waals surface area contributed by atoms with Gasteiger partial charge in [0.2, 0.25) is 0 Å². The highest BCUT2D eigenvalue weighted by molar-refractivity contribution is 4.82. The Kier molecular flexibility index (Phi) is 3.13. The predicted octanol–water partition coefficient (Wildman–Crippen LogP) is 2.05. The summed E-state index contributed by atoms with van der Waals surface area (Å²) in [4.78, 5) is 0. The molecule has 0 atom stereocenters. The molecule has 1 aliphatic carbocycles. The number of hydrogen-bond acceptors (Lipinski definition) is 2. The molecular formula is C10H22N2. The second-order valence-electron chi connectivity index (χ2n) is 5.08. The maximum absolute atomic E-state index is 5.41. The van der Waals surface area contributed by atoms with Gasteiger partial charge >= 0.3 is 0 Å². The minimum absolute atomic E-state index is 0.486. The molecule has 0 heterocycles. The minimum Gasteiger partial charge on any atom is -0.271 e. The van der Waals surface area contributed by atoms with Crippen LogP contribution < -0.4 is 11.3 Å². The van der Waals surface area contributed by atoms with E-state index in [-0.39, 0.29) is 0 Å². The van der Waals surface area contributed by atoms with E-state index in [0.29, 0.717) is 11.5 Å². The first-order valence-corrected chi connectivity index (χ1v) is 5.00. The molecule has 0 aliphatic heterocycles. The van der Waals surface area contributed by atoms with Crippen LogP contribution in [0.1, 0.15) is 46.5 Å². The van der Waals surface area contributed by atoms with Gasteiger partial charge < -0.3 is 0 Å². The Labute approximate surface area is 75.9 Å². The van der Waals surface area contributed by atoms with Crippen LogP contribution in [0.2, 0.25) is 0 Å². The van der Waals surface area contributed by atoms with Crippen LogP contribution in [0.3, 0.4) is 0 Å². The zero-order chi connectivity index (χ0) is 9.19. The molecule has 1 aliphatic rings. The first-order chi connectivity index (χ1) is 5.54. The summed E-state index contributed by atoms with van der Waals surface area (Å²) in [5.74, 6) is 6.30. The fraction of sp³-hybridized carbons (Fsp3) is 1.00. The third-order valence-corrected chi connectivity index (χ3v) is 3.19. The van der Waals surface area contributed by atoms with Crippen molar-refractivity contribution < 1.29 is 0 Å². The molecule has 2 heteroatoms. The molecule has 0 unspecified atom stereocenters. The van der Waals surface area contributed by atoms with Gasteiger partial charge in [-0.2, -0.15) is 0 Å². The molecule has 0 amide bonds. The SMILES string of the molecule is CC(C)(C)C1CCC(NN)CC1. The van der Waals surface area contributed by atoms with E-state index >= 15 is 0 Å². The molecule has 1 rings (SSSR count). The van der Waals surface area contributed by atoms with Crippen molar-refractivity contribution in [1.29, 1.82) is 0 Å². The summed E-state index contributed by atoms with van der Waals surface area (Å²) in [6.07, 6.45) is 5.16. The Balaban J connectivity index is 2.36. The number of rotatable bonds is 1. The molecule has 0 radical (unpaired) electrons. The Hall–Kier alpha value is -0.0800. The van der Waals surface area contributed by atoms with Gasteiger partial charge in [0, 0.05) is 6.04 Å². The summed E-state index contributed by atoms with van der Waals surface area (Å²) in [7, 11) is 0. The highest BCUT2D eigenvalue weighted by atomic mass is 15.2. The van der Waals surface area contributed by atoms with Gasteiger partial charge in [-0.15, -0.1) is 0 Å². The minimum atomic E-state index is 0.486. The summed E-state index contributed by atoms with van der Waals surface area (Å²) >= 11 is 0. The zero-order valence-electron chi connectivity index (χ0n) is 8.56. The molecule has 1 fully saturated rings. The van der Waals surface area contributed by atoms with Crippen molar-refractivity contribution in [3.05, 3.63) is 0 Å². The van der Waals surface area contributed by atoms with Crippen LogP contribution in [0.15, 0.2) is 0 Å². The zero-order valence-corrected chi connectivity index (χ0v) is 8.56. The average Bonchev–Trinajstić information content (AvgIpc) is 2.03. The van der Waals surface area contributed by atoms with Crippen LogP contribution in [0, 0.1) is 11.3 Å². The van der Waals surface area contributed by atoms with Crippen molar-refractivity contribution in [3.8, 4) is 0 Å². The number of hydrogen-bond donors (Lipinski definition) is 2. The van der Waals surface area contributed by atoms with Gasteiger partial charge in [0.25, 0.3) is 0 Å². The molecule has 0 aromatic carbocycles. The van der Waals surface area contributed by atoms with E-state index in [1.54, 1.807) is 0 Å². The lowest BCUT2D eigenvalue weighted by atomic mass is 9.71. The van der Waals surface area contributed by atoms with Gasteiger partial charge in [0.1, 0.15) is 0 Å². The largest absolute Gasteiger partial charge is 0.271 e. The molecular weight excluding hydrogens is 148 g/mol. The van der Waals surface area contributed by atoms with E-state index in [4.69, 9.17) is 5.84 Å². The quantitative estimate of drug-likeness (QED) is 0.467. The number of nitrogens with two attached hydrogens (primary N) is 1. The standard InChI is InChI=1S/C10H22N2/c1-10(2,3)8-4-6-9(12-11)7-5-8/h8-9,12H,4-7,11H2,1-3H3. The Morgan fingerprint density at radius 3 is 1.92 bits per heavy atom. The van der Waals surface area contributed by atoms with E-state index in [0.717, 1.165) is 5.92 Å². The average molecular weight is 170 g/mol. The summed E-state index contributed by atoms with van der Waals surface area (Å²) in [6, 6.07) is 0.573. The van der Waals surface area contributed by atoms with Gasteiger partial charge in [-0.1, -0.05) is 20.8 Å². The lowest BCUT2D eigenvalue weighted by molar-refractivity contribution is 0.160. The molecule has 1 saturated carbocycles. The van der Waals surface area contributed by atoms with E-state index in [2.05, 4.69) is 26.2 Å². The van der Waals surface area contributed by atoms with Crippen molar-refractivity contribution in [2.75, 3.05) is 0 Å². The molecule has 0 saturated heterocycles. The molecule has 72 valence electrons. The third-order valence-electron chi connectivity index (χ3n) is 3.19. The van der Waals surface area contributed by atoms with Crippen LogP contribution in [-0.2, 0) is 0 Å². The van der Waals surface area contributed by atoms with Gasteiger partial charge in [-0.3, -0.25) is 11.3 Å². The van der Waals surface area contributed by atoms with E-state index in [1.165, 1.54) is 25.7 Å². The van der Waals surface area contributed by atoms with Gasteiger partial charge in [0.05, 0.1) is 0 Å². The third kappa shape index (κ3) is 2.46. The van der Waals surface area contributed by atoms with E-state index < -0.39 is 0 Å². The van der Waals surface area contributed by atoms with Gasteiger partial charge in [0.15, 0.2) is 0 Å². The fourth-order valence-corrected chi connectivity index (χ4v) is 2.13. The molecule has 2 nitrogen and oxygen atoms in total. The smallest absolute Gasteiger partial charge is 0.0210 e. The molecule has 0 bridgehead atoms. The number of hydrazine groups is 1. The second kappa shape index (κ2) is 3.75. The molecule has 12 heavy (non-hydrogen) atoms. The summed E-state index contributed by atoms with van der Waals surface area (Å²) < 4.78 is 0. The highest BCUT2D eigenvalue weighted by Crippen LogP contribution is 2.37. The maximum Gasteiger partial charge on any atom is 0.0210 e. The summed E-state index contributed by atoms with van der Waals surface area (Å²) in [5, 5.41) is 0. The summed E-state index contributed by atoms with van der Waals surface area (Å²) in [6.45, 7) is 7.02. The molecule has 0 spiro atoms. The van der Waals surface area contributed by atoms with Gasteiger partial charge in [-0.25, -0.2) is 0 Å². The molecule has 0 aromatic rings. The lowest BCUT2D eigenvalue weighted by Crippen LogP contribution is -2.39. The van der Waals surface area contributed by atoms with Crippen LogP contribution >= 0.6 is 0 Å². The fourth-order valence-electron chi connectivity index (χ4n) is 2.13. The molecule has 3 N–H and O–H groups in total. The van der Waals surface area contributed by atoms with Crippen molar-refractivity contribution in [3.63, 3.8) is 0 Å². The van der Waals surface area contributed by atoms with Crippen molar-refractivity contribution >= 4 is 0 Å². The van der Waals surface area contributed by atoms with Crippen LogP contribution in [-0.4, -0.2) is 6.04 Å². The monoisotopic (exact) mass is 170 g/mol.